The summed E-state index contributed by atoms with van der Waals surface area (Å²) >= 11 is 0. The molecular formula is C24H21F3N6O. The van der Waals surface area contributed by atoms with E-state index in [9.17, 15) is 18.0 Å². The van der Waals surface area contributed by atoms with Gasteiger partial charge in [-0.15, -0.1) is 0 Å². The molecule has 0 radical (unpaired) electrons. The summed E-state index contributed by atoms with van der Waals surface area (Å²) in [6, 6.07) is 1.61. The predicted molar refractivity (Wildman–Crippen MR) is 116 cm³/mol. The number of benzene rings is 1. The van der Waals surface area contributed by atoms with E-state index in [1.807, 2.05) is 16.2 Å². The van der Waals surface area contributed by atoms with Crippen molar-refractivity contribution in [2.75, 3.05) is 0 Å². The van der Waals surface area contributed by atoms with Crippen LogP contribution in [0.3, 0.4) is 0 Å². The van der Waals surface area contributed by atoms with Gasteiger partial charge >= 0.3 is 0 Å². The summed E-state index contributed by atoms with van der Waals surface area (Å²) in [5, 5.41) is 4.67. The second-order valence-electron chi connectivity index (χ2n) is 8.95. The standard InChI is InChI=1S/C24H21F3N6O/c1-12-29-22(19-11-28-6-7-32(12)19)24(34)33-14-4-3-5-18(33)21-15(10-14)23(31(2)30-21)13-8-16(25)20(27)17(26)9-13/h6-9,11,14,18H,3-5,10H2,1-2H3/t14-,18+/m0/s1. The van der Waals surface area contributed by atoms with E-state index in [0.29, 0.717) is 34.8 Å². The number of hydrogen-bond acceptors (Lipinski definition) is 4. The van der Waals surface area contributed by atoms with E-state index in [0.717, 1.165) is 37.0 Å². The van der Waals surface area contributed by atoms with E-state index < -0.39 is 17.5 Å². The van der Waals surface area contributed by atoms with Gasteiger partial charge in [0.15, 0.2) is 23.1 Å². The molecule has 1 aromatic carbocycles. The zero-order chi connectivity index (χ0) is 23.7. The smallest absolute Gasteiger partial charge is 0.275 e. The molecule has 7 nitrogen and oxygen atoms in total. The summed E-state index contributed by atoms with van der Waals surface area (Å²) in [7, 11) is 1.70. The quantitative estimate of drug-likeness (QED) is 0.417. The predicted octanol–water partition coefficient (Wildman–Crippen LogP) is 4.15. The molecule has 1 fully saturated rings. The van der Waals surface area contributed by atoms with Crippen molar-refractivity contribution >= 4 is 11.4 Å². The zero-order valence-corrected chi connectivity index (χ0v) is 18.6. The number of halogens is 3. The first-order chi connectivity index (χ1) is 16.3. The number of aryl methyl sites for hydroxylation is 2. The molecule has 1 saturated heterocycles. The minimum atomic E-state index is -1.49. The van der Waals surface area contributed by atoms with Crippen LogP contribution >= 0.6 is 0 Å². The Labute approximate surface area is 192 Å². The number of amides is 1. The monoisotopic (exact) mass is 466 g/mol. The van der Waals surface area contributed by atoms with Crippen LogP contribution in [-0.4, -0.2) is 41.0 Å². The Morgan fingerprint density at radius 2 is 1.91 bits per heavy atom. The van der Waals surface area contributed by atoms with Gasteiger partial charge in [-0.3, -0.25) is 14.5 Å². The molecule has 2 aliphatic heterocycles. The third-order valence-corrected chi connectivity index (χ3v) is 6.99. The fourth-order valence-electron chi connectivity index (χ4n) is 5.57. The van der Waals surface area contributed by atoms with Gasteiger partial charge in [0, 0.05) is 36.6 Å². The number of hydrogen-bond donors (Lipinski definition) is 0. The van der Waals surface area contributed by atoms with Gasteiger partial charge in [0.05, 0.1) is 29.1 Å². The maximum Gasteiger partial charge on any atom is 0.275 e. The minimum absolute atomic E-state index is 0.106. The molecule has 174 valence electrons. The Morgan fingerprint density at radius 3 is 2.68 bits per heavy atom. The first-order valence-corrected chi connectivity index (χ1v) is 11.2. The Balaban J connectivity index is 1.46. The van der Waals surface area contributed by atoms with Gasteiger partial charge in [-0.05, 0) is 44.7 Å². The van der Waals surface area contributed by atoms with Crippen LogP contribution in [0.4, 0.5) is 13.2 Å². The number of carbonyl (C=O) groups is 1. The molecule has 0 aliphatic carbocycles. The third kappa shape index (κ3) is 2.90. The summed E-state index contributed by atoms with van der Waals surface area (Å²) in [6.45, 7) is 1.84. The third-order valence-electron chi connectivity index (χ3n) is 6.99. The Morgan fingerprint density at radius 1 is 1.15 bits per heavy atom. The minimum Gasteiger partial charge on any atom is -0.325 e. The number of rotatable bonds is 2. The average Bonchev–Trinajstić information content (AvgIpc) is 3.33. The first-order valence-electron chi connectivity index (χ1n) is 11.2. The number of nitrogens with zero attached hydrogens (tertiary/aromatic N) is 6. The van der Waals surface area contributed by atoms with Crippen molar-refractivity contribution in [1.82, 2.24) is 29.0 Å². The van der Waals surface area contributed by atoms with Crippen LogP contribution in [-0.2, 0) is 13.5 Å². The first kappa shape index (κ1) is 20.9. The zero-order valence-electron chi connectivity index (χ0n) is 18.6. The largest absolute Gasteiger partial charge is 0.325 e. The van der Waals surface area contributed by atoms with Crippen molar-refractivity contribution in [2.24, 2.45) is 7.05 Å². The summed E-state index contributed by atoms with van der Waals surface area (Å²) < 4.78 is 45.0. The highest BCUT2D eigenvalue weighted by atomic mass is 19.2. The lowest BCUT2D eigenvalue weighted by Crippen LogP contribution is -2.50. The molecule has 0 N–H and O–H groups in total. The fraction of sp³-hybridized carbons (Fsp3) is 0.333. The van der Waals surface area contributed by atoms with E-state index in [-0.39, 0.29) is 23.6 Å². The molecule has 2 atom stereocenters. The molecule has 4 aromatic rings. The second-order valence-corrected chi connectivity index (χ2v) is 8.95. The van der Waals surface area contributed by atoms with Crippen molar-refractivity contribution in [3.63, 3.8) is 0 Å². The lowest BCUT2D eigenvalue weighted by Gasteiger charge is -2.45. The fourth-order valence-corrected chi connectivity index (χ4v) is 5.57. The SMILES string of the molecule is Cc1nc(C(=O)N2[C@H]3CCC[C@@H]2c2nn(C)c(-c4cc(F)c(F)c(F)c4)c2C3)c2cnccn12. The summed E-state index contributed by atoms with van der Waals surface area (Å²) in [5.41, 5.74) is 3.33. The van der Waals surface area contributed by atoms with Gasteiger partial charge in [0.25, 0.3) is 5.91 Å². The van der Waals surface area contributed by atoms with Crippen molar-refractivity contribution in [3.8, 4) is 11.3 Å². The van der Waals surface area contributed by atoms with E-state index in [4.69, 9.17) is 0 Å². The maximum absolute atomic E-state index is 14.0. The number of carbonyl (C=O) groups excluding carboxylic acids is 1. The van der Waals surface area contributed by atoms with Crippen LogP contribution in [0.5, 0.6) is 0 Å². The lowest BCUT2D eigenvalue weighted by molar-refractivity contribution is 0.0388. The van der Waals surface area contributed by atoms with Crippen molar-refractivity contribution in [2.45, 2.75) is 44.7 Å². The van der Waals surface area contributed by atoms with Crippen LogP contribution in [0.15, 0.2) is 30.7 Å². The number of fused-ring (bicyclic) bond motifs is 5. The highest BCUT2D eigenvalue weighted by molar-refractivity contribution is 5.99. The molecule has 1 amide bonds. The highest BCUT2D eigenvalue weighted by Crippen LogP contribution is 2.45. The number of piperidine rings is 1. The van der Waals surface area contributed by atoms with E-state index >= 15 is 0 Å². The maximum atomic E-state index is 14.0. The van der Waals surface area contributed by atoms with E-state index in [1.165, 1.54) is 0 Å². The van der Waals surface area contributed by atoms with Crippen molar-refractivity contribution < 1.29 is 18.0 Å². The molecule has 34 heavy (non-hydrogen) atoms. The van der Waals surface area contributed by atoms with E-state index in [2.05, 4.69) is 15.1 Å². The van der Waals surface area contributed by atoms with Gasteiger partial charge < -0.3 is 9.30 Å². The van der Waals surface area contributed by atoms with Crippen LogP contribution in [0, 0.1) is 24.4 Å². The van der Waals surface area contributed by atoms with Crippen molar-refractivity contribution in [3.05, 3.63) is 71.0 Å². The molecule has 0 saturated carbocycles. The Bertz CT molecular complexity index is 1450. The molecule has 5 heterocycles. The number of aromatic nitrogens is 5. The van der Waals surface area contributed by atoms with Crippen LogP contribution in [0.25, 0.3) is 16.8 Å². The van der Waals surface area contributed by atoms with Gasteiger partial charge in [-0.1, -0.05) is 0 Å². The molecular weight excluding hydrogens is 445 g/mol. The Hall–Kier alpha value is -3.69. The summed E-state index contributed by atoms with van der Waals surface area (Å²) in [5.74, 6) is -3.46. The van der Waals surface area contributed by atoms with Gasteiger partial charge in [0.1, 0.15) is 5.82 Å². The molecule has 3 aromatic heterocycles. The summed E-state index contributed by atoms with van der Waals surface area (Å²) in [6.07, 6.45) is 8.00. The normalized spacial score (nSPS) is 19.5. The molecule has 0 unspecified atom stereocenters. The molecule has 6 rings (SSSR count). The lowest BCUT2D eigenvalue weighted by atomic mass is 9.81. The van der Waals surface area contributed by atoms with Crippen LogP contribution in [0.2, 0.25) is 0 Å². The molecule has 10 heteroatoms. The molecule has 0 spiro atoms. The topological polar surface area (TPSA) is 68.3 Å². The van der Waals surface area contributed by atoms with Gasteiger partial charge in [0.2, 0.25) is 0 Å². The van der Waals surface area contributed by atoms with Gasteiger partial charge in [-0.2, -0.15) is 5.10 Å². The molecule has 2 aliphatic rings. The van der Waals surface area contributed by atoms with Gasteiger partial charge in [-0.25, -0.2) is 18.2 Å². The van der Waals surface area contributed by atoms with Crippen LogP contribution in [0.1, 0.15) is 52.9 Å². The van der Waals surface area contributed by atoms with Crippen LogP contribution < -0.4 is 0 Å². The molecule has 2 bridgehead atoms. The highest BCUT2D eigenvalue weighted by Gasteiger charge is 2.44. The number of imidazole rings is 1. The Kier molecular flexibility index (Phi) is 4.55. The van der Waals surface area contributed by atoms with Crippen molar-refractivity contribution in [1.29, 1.82) is 0 Å². The second kappa shape index (κ2) is 7.41. The summed E-state index contributed by atoms with van der Waals surface area (Å²) in [4.78, 5) is 24.3. The average molecular weight is 466 g/mol. The van der Waals surface area contributed by atoms with E-state index in [1.54, 1.807) is 30.3 Å².